The van der Waals surface area contributed by atoms with Gasteiger partial charge in [-0.25, -0.2) is 9.97 Å². The molecule has 5 nitrogen and oxygen atoms in total. The van der Waals surface area contributed by atoms with Crippen LogP contribution >= 0.6 is 0 Å². The number of likely N-dealkylation sites (tertiary alicyclic amines) is 1. The van der Waals surface area contributed by atoms with Gasteiger partial charge in [-0.2, -0.15) is 0 Å². The Morgan fingerprint density at radius 3 is 2.78 bits per heavy atom. The summed E-state index contributed by atoms with van der Waals surface area (Å²) in [4.78, 5) is 23.5. The summed E-state index contributed by atoms with van der Waals surface area (Å²) in [5.41, 5.74) is 3.22. The van der Waals surface area contributed by atoms with Crippen molar-refractivity contribution in [3.05, 3.63) is 59.2 Å². The molecule has 0 N–H and O–H groups in total. The van der Waals surface area contributed by atoms with Crippen LogP contribution in [0.4, 0.5) is 0 Å². The number of hydrogen-bond acceptors (Lipinski definition) is 4. The number of rotatable bonds is 6. The van der Waals surface area contributed by atoms with Gasteiger partial charge >= 0.3 is 0 Å². The van der Waals surface area contributed by atoms with Crippen molar-refractivity contribution in [2.75, 3.05) is 13.1 Å². The molecule has 5 heteroatoms. The summed E-state index contributed by atoms with van der Waals surface area (Å²) in [6, 6.07) is 10.2. The van der Waals surface area contributed by atoms with Crippen molar-refractivity contribution < 1.29 is 9.53 Å². The fraction of sp³-hybridized carbons (Fsp3) is 0.500. The van der Waals surface area contributed by atoms with Gasteiger partial charge in [0.2, 0.25) is 5.91 Å². The van der Waals surface area contributed by atoms with E-state index in [1.54, 1.807) is 0 Å². The summed E-state index contributed by atoms with van der Waals surface area (Å²) in [5, 5.41) is 0. The summed E-state index contributed by atoms with van der Waals surface area (Å²) >= 11 is 0. The van der Waals surface area contributed by atoms with E-state index in [4.69, 9.17) is 9.72 Å². The monoisotopic (exact) mass is 367 g/mol. The summed E-state index contributed by atoms with van der Waals surface area (Å²) < 4.78 is 5.93. The van der Waals surface area contributed by atoms with Crippen LogP contribution in [-0.2, 0) is 22.7 Å². The van der Waals surface area contributed by atoms with Crippen LogP contribution < -0.4 is 0 Å². The Bertz CT molecular complexity index is 761. The largest absolute Gasteiger partial charge is 0.372 e. The van der Waals surface area contributed by atoms with E-state index in [0.29, 0.717) is 13.2 Å². The van der Waals surface area contributed by atoms with Crippen LogP contribution in [0.3, 0.4) is 0 Å². The first-order valence-corrected chi connectivity index (χ1v) is 9.77. The summed E-state index contributed by atoms with van der Waals surface area (Å²) in [5.74, 6) is 1.28. The molecule has 0 aliphatic carbocycles. The maximum Gasteiger partial charge on any atom is 0.225 e. The Hall–Kier alpha value is -2.27. The van der Waals surface area contributed by atoms with Crippen LogP contribution in [0.1, 0.15) is 55.3 Å². The van der Waals surface area contributed by atoms with Gasteiger partial charge in [0.25, 0.3) is 0 Å². The Labute approximate surface area is 161 Å². The van der Waals surface area contributed by atoms with Crippen LogP contribution in [0.15, 0.2) is 36.5 Å². The Morgan fingerprint density at radius 2 is 2.04 bits per heavy atom. The van der Waals surface area contributed by atoms with E-state index in [1.807, 2.05) is 50.1 Å². The quantitative estimate of drug-likeness (QED) is 0.778. The molecule has 0 radical (unpaired) electrons. The third-order valence-corrected chi connectivity index (χ3v) is 5.00. The lowest BCUT2D eigenvalue weighted by atomic mass is 9.91. The van der Waals surface area contributed by atoms with Crippen LogP contribution in [0.5, 0.6) is 0 Å². The van der Waals surface area contributed by atoms with Crippen LogP contribution in [0.25, 0.3) is 0 Å². The number of amides is 1. The lowest BCUT2D eigenvalue weighted by Gasteiger charge is -2.34. The second-order valence-electron chi connectivity index (χ2n) is 7.58. The Kier molecular flexibility index (Phi) is 6.56. The average molecular weight is 367 g/mol. The van der Waals surface area contributed by atoms with Gasteiger partial charge in [-0.05, 0) is 25.3 Å². The lowest BCUT2D eigenvalue weighted by Crippen LogP contribution is -2.41. The highest BCUT2D eigenvalue weighted by Crippen LogP contribution is 2.29. The predicted octanol–water partition coefficient (Wildman–Crippen LogP) is 3.86. The topological polar surface area (TPSA) is 55.3 Å². The third-order valence-electron chi connectivity index (χ3n) is 5.00. The molecule has 0 saturated carbocycles. The van der Waals surface area contributed by atoms with E-state index < -0.39 is 0 Å². The zero-order chi connectivity index (χ0) is 19.2. The molecule has 3 rings (SSSR count). The number of benzene rings is 1. The first-order chi connectivity index (χ1) is 13.0. The molecule has 2 aromatic rings. The molecule has 1 fully saturated rings. The summed E-state index contributed by atoms with van der Waals surface area (Å²) in [6.07, 6.45) is 3.94. The lowest BCUT2D eigenvalue weighted by molar-refractivity contribution is -0.135. The molecule has 0 spiro atoms. The molecule has 1 unspecified atom stereocenters. The molecule has 1 aromatic heterocycles. The van der Waals surface area contributed by atoms with Gasteiger partial charge in [0, 0.05) is 36.7 Å². The molecule has 27 heavy (non-hydrogen) atoms. The van der Waals surface area contributed by atoms with Gasteiger partial charge in [0.1, 0.15) is 5.82 Å². The number of carbonyl (C=O) groups excluding carboxylic acids is 1. The second kappa shape index (κ2) is 9.09. The molecular formula is C22H29N3O2. The minimum absolute atomic E-state index is 0.0320. The maximum absolute atomic E-state index is 12.4. The molecule has 1 aliphatic heterocycles. The molecule has 0 bridgehead atoms. The van der Waals surface area contributed by atoms with E-state index in [2.05, 4.69) is 17.1 Å². The van der Waals surface area contributed by atoms with Crippen LogP contribution in [0.2, 0.25) is 0 Å². The minimum Gasteiger partial charge on any atom is -0.372 e. The van der Waals surface area contributed by atoms with E-state index in [9.17, 15) is 4.79 Å². The molecular weight excluding hydrogens is 338 g/mol. The molecule has 1 aliphatic rings. The van der Waals surface area contributed by atoms with Crippen molar-refractivity contribution in [1.82, 2.24) is 14.9 Å². The number of ether oxygens (including phenoxy) is 1. The Balaban J connectivity index is 1.70. The van der Waals surface area contributed by atoms with E-state index >= 15 is 0 Å². The third kappa shape index (κ3) is 5.13. The van der Waals surface area contributed by atoms with Gasteiger partial charge in [-0.15, -0.1) is 0 Å². The molecule has 1 atom stereocenters. The number of piperidine rings is 1. The molecule has 144 valence electrons. The van der Waals surface area contributed by atoms with Crippen molar-refractivity contribution in [2.24, 2.45) is 5.92 Å². The first kappa shape index (κ1) is 19.5. The highest BCUT2D eigenvalue weighted by molar-refractivity contribution is 5.78. The fourth-order valence-electron chi connectivity index (χ4n) is 3.60. The van der Waals surface area contributed by atoms with Crippen LogP contribution in [-0.4, -0.2) is 33.9 Å². The molecule has 1 amide bonds. The average Bonchev–Trinajstić information content (AvgIpc) is 2.69. The van der Waals surface area contributed by atoms with Gasteiger partial charge in [-0.1, -0.05) is 44.2 Å². The zero-order valence-corrected chi connectivity index (χ0v) is 16.5. The van der Waals surface area contributed by atoms with Crippen LogP contribution in [0, 0.1) is 12.8 Å². The number of carbonyl (C=O) groups is 1. The van der Waals surface area contributed by atoms with Crippen molar-refractivity contribution >= 4 is 5.91 Å². The standard InChI is InChI=1S/C22H29N3O2/c1-16(2)22(26)25-11-7-10-19(13-25)21-20(12-23-17(3)24-21)15-27-14-18-8-5-4-6-9-18/h4-6,8-9,12,16,19H,7,10-11,13-15H2,1-3H3. The highest BCUT2D eigenvalue weighted by Gasteiger charge is 2.28. The number of aryl methyl sites for hydroxylation is 1. The van der Waals surface area contributed by atoms with E-state index in [0.717, 1.165) is 48.6 Å². The van der Waals surface area contributed by atoms with Gasteiger partial charge in [-0.3, -0.25) is 4.79 Å². The van der Waals surface area contributed by atoms with Crippen molar-refractivity contribution in [3.63, 3.8) is 0 Å². The second-order valence-corrected chi connectivity index (χ2v) is 7.58. The van der Waals surface area contributed by atoms with Crippen molar-refractivity contribution in [2.45, 2.75) is 52.7 Å². The fourth-order valence-corrected chi connectivity index (χ4v) is 3.60. The van der Waals surface area contributed by atoms with E-state index in [1.165, 1.54) is 0 Å². The van der Waals surface area contributed by atoms with Gasteiger partial charge in [0.15, 0.2) is 0 Å². The zero-order valence-electron chi connectivity index (χ0n) is 16.5. The number of nitrogens with zero attached hydrogens (tertiary/aromatic N) is 3. The predicted molar refractivity (Wildman–Crippen MR) is 105 cm³/mol. The Morgan fingerprint density at radius 1 is 1.26 bits per heavy atom. The number of hydrogen-bond donors (Lipinski definition) is 0. The smallest absolute Gasteiger partial charge is 0.225 e. The minimum atomic E-state index is 0.0320. The first-order valence-electron chi connectivity index (χ1n) is 9.77. The molecule has 1 saturated heterocycles. The normalized spacial score (nSPS) is 17.3. The van der Waals surface area contributed by atoms with Gasteiger partial charge < -0.3 is 9.64 Å². The maximum atomic E-state index is 12.4. The number of aromatic nitrogens is 2. The summed E-state index contributed by atoms with van der Waals surface area (Å²) in [6.45, 7) is 8.47. The molecule has 2 heterocycles. The highest BCUT2D eigenvalue weighted by atomic mass is 16.5. The SMILES string of the molecule is Cc1ncc(COCc2ccccc2)c(C2CCCN(C(=O)C(C)C)C2)n1. The molecule has 1 aromatic carbocycles. The van der Waals surface area contributed by atoms with Crippen molar-refractivity contribution in [3.8, 4) is 0 Å². The van der Waals surface area contributed by atoms with Crippen molar-refractivity contribution in [1.29, 1.82) is 0 Å². The van der Waals surface area contributed by atoms with Gasteiger partial charge in [0.05, 0.1) is 18.9 Å². The summed E-state index contributed by atoms with van der Waals surface area (Å²) in [7, 11) is 0. The van der Waals surface area contributed by atoms with E-state index in [-0.39, 0.29) is 17.7 Å².